The number of halogens is 1. The monoisotopic (exact) mass is 407 g/mol. The quantitative estimate of drug-likeness (QED) is 0.550. The molecular weight excluding hydrogens is 385 g/mol. The summed E-state index contributed by atoms with van der Waals surface area (Å²) in [7, 11) is -3.51. The van der Waals surface area contributed by atoms with Crippen LogP contribution in [0, 0.1) is 5.82 Å². The Labute approximate surface area is 163 Å². The third-order valence-corrected chi connectivity index (χ3v) is 5.12. The second-order valence-corrected chi connectivity index (χ2v) is 7.97. The summed E-state index contributed by atoms with van der Waals surface area (Å²) in [6.45, 7) is 1.87. The molecule has 0 unspecified atom stereocenters. The van der Waals surface area contributed by atoms with Crippen LogP contribution in [0.5, 0.6) is 0 Å². The molecule has 0 fully saturated rings. The van der Waals surface area contributed by atoms with Crippen LogP contribution in [0.15, 0.2) is 48.5 Å². The molecule has 0 aliphatic heterocycles. The number of hydrogen-bond acceptors (Lipinski definition) is 4. The van der Waals surface area contributed by atoms with E-state index >= 15 is 0 Å². The molecule has 7 nitrogen and oxygen atoms in total. The van der Waals surface area contributed by atoms with E-state index in [-0.39, 0.29) is 48.2 Å². The zero-order valence-corrected chi connectivity index (χ0v) is 16.2. The average Bonchev–Trinajstić information content (AvgIpc) is 2.67. The van der Waals surface area contributed by atoms with Gasteiger partial charge in [-0.3, -0.25) is 14.3 Å². The van der Waals surface area contributed by atoms with Crippen molar-refractivity contribution in [2.24, 2.45) is 0 Å². The van der Waals surface area contributed by atoms with E-state index in [9.17, 15) is 22.4 Å². The van der Waals surface area contributed by atoms with E-state index in [1.165, 1.54) is 43.3 Å². The highest BCUT2D eigenvalue weighted by atomic mass is 32.2. The Balaban J connectivity index is 1.83. The van der Waals surface area contributed by atoms with Crippen LogP contribution in [-0.2, 0) is 21.2 Å². The first-order chi connectivity index (χ1) is 13.3. The first-order valence-corrected chi connectivity index (χ1v) is 10.3. The second-order valence-electron chi connectivity index (χ2n) is 5.96. The van der Waals surface area contributed by atoms with Crippen LogP contribution < -0.4 is 15.4 Å². The minimum atomic E-state index is -3.51. The molecule has 2 rings (SSSR count). The molecule has 0 radical (unpaired) electrons. The summed E-state index contributed by atoms with van der Waals surface area (Å²) in [6.07, 6.45) is 0.107. The molecule has 2 aromatic rings. The van der Waals surface area contributed by atoms with Crippen molar-refractivity contribution >= 4 is 27.5 Å². The van der Waals surface area contributed by atoms with Gasteiger partial charge in [0.15, 0.2) is 0 Å². The van der Waals surface area contributed by atoms with Gasteiger partial charge in [-0.15, -0.1) is 0 Å². The van der Waals surface area contributed by atoms with Crippen LogP contribution in [0.1, 0.15) is 22.8 Å². The fraction of sp³-hybridized carbons (Fsp3) is 0.263. The van der Waals surface area contributed by atoms with Crippen LogP contribution in [-0.4, -0.2) is 39.1 Å². The molecule has 150 valence electrons. The minimum absolute atomic E-state index is 0.107. The molecule has 0 bridgehead atoms. The minimum Gasteiger partial charge on any atom is -0.354 e. The van der Waals surface area contributed by atoms with Crippen LogP contribution in [0.2, 0.25) is 0 Å². The Kier molecular flexibility index (Phi) is 7.51. The van der Waals surface area contributed by atoms with Gasteiger partial charge in [-0.1, -0.05) is 24.3 Å². The number of sulfonamides is 1. The molecular formula is C19H22FN3O4S. The molecule has 0 aliphatic carbocycles. The maximum absolute atomic E-state index is 12.8. The fourth-order valence-electron chi connectivity index (χ4n) is 2.33. The smallest absolute Gasteiger partial charge is 0.253 e. The van der Waals surface area contributed by atoms with Crippen molar-refractivity contribution in [2.45, 2.75) is 13.3 Å². The van der Waals surface area contributed by atoms with Gasteiger partial charge in [0.25, 0.3) is 5.91 Å². The van der Waals surface area contributed by atoms with Gasteiger partial charge >= 0.3 is 0 Å². The van der Waals surface area contributed by atoms with Crippen LogP contribution in [0.25, 0.3) is 0 Å². The normalized spacial score (nSPS) is 10.9. The SMILES string of the molecule is CCS(=O)(=O)Nc1ccccc1C(=O)NCCNC(=O)Cc1ccc(F)cc1. The predicted octanol–water partition coefficient (Wildman–Crippen LogP) is 1.68. The van der Waals surface area contributed by atoms with Gasteiger partial charge in [0, 0.05) is 13.1 Å². The largest absolute Gasteiger partial charge is 0.354 e. The Morgan fingerprint density at radius 3 is 2.29 bits per heavy atom. The first kappa shape index (κ1) is 21.4. The summed E-state index contributed by atoms with van der Waals surface area (Å²) < 4.78 is 38.7. The van der Waals surface area contributed by atoms with Crippen molar-refractivity contribution < 1.29 is 22.4 Å². The third kappa shape index (κ3) is 6.66. The zero-order valence-electron chi connectivity index (χ0n) is 15.4. The van der Waals surface area contributed by atoms with Gasteiger partial charge in [-0.2, -0.15) is 0 Å². The number of para-hydroxylation sites is 1. The Bertz CT molecular complexity index is 930. The maximum atomic E-state index is 12.8. The van der Waals surface area contributed by atoms with E-state index in [4.69, 9.17) is 0 Å². The summed E-state index contributed by atoms with van der Waals surface area (Å²) >= 11 is 0. The van der Waals surface area contributed by atoms with E-state index in [1.54, 1.807) is 12.1 Å². The Morgan fingerprint density at radius 1 is 0.964 bits per heavy atom. The van der Waals surface area contributed by atoms with Gasteiger partial charge in [0.2, 0.25) is 15.9 Å². The standard InChI is InChI=1S/C19H22FN3O4S/c1-2-28(26,27)23-17-6-4-3-5-16(17)19(25)22-12-11-21-18(24)13-14-7-9-15(20)10-8-14/h3-10,23H,2,11-13H2,1H3,(H,21,24)(H,22,25). The zero-order chi connectivity index (χ0) is 20.6. The highest BCUT2D eigenvalue weighted by Gasteiger charge is 2.15. The lowest BCUT2D eigenvalue weighted by atomic mass is 10.1. The fourth-order valence-corrected chi connectivity index (χ4v) is 2.99. The number of hydrogen-bond donors (Lipinski definition) is 3. The first-order valence-electron chi connectivity index (χ1n) is 8.69. The van der Waals surface area contributed by atoms with E-state index in [1.807, 2.05) is 0 Å². The van der Waals surface area contributed by atoms with Gasteiger partial charge in [0.1, 0.15) is 5.82 Å². The van der Waals surface area contributed by atoms with Gasteiger partial charge < -0.3 is 10.6 Å². The molecule has 2 aromatic carbocycles. The van der Waals surface area contributed by atoms with E-state index < -0.39 is 15.9 Å². The van der Waals surface area contributed by atoms with E-state index in [0.29, 0.717) is 5.56 Å². The van der Waals surface area contributed by atoms with Crippen molar-refractivity contribution in [3.05, 3.63) is 65.5 Å². The maximum Gasteiger partial charge on any atom is 0.253 e. The molecule has 0 atom stereocenters. The van der Waals surface area contributed by atoms with Gasteiger partial charge in [-0.25, -0.2) is 12.8 Å². The lowest BCUT2D eigenvalue weighted by molar-refractivity contribution is -0.120. The molecule has 0 heterocycles. The molecule has 28 heavy (non-hydrogen) atoms. The highest BCUT2D eigenvalue weighted by molar-refractivity contribution is 7.92. The number of carbonyl (C=O) groups excluding carboxylic acids is 2. The summed E-state index contributed by atoms with van der Waals surface area (Å²) in [6, 6.07) is 11.9. The summed E-state index contributed by atoms with van der Waals surface area (Å²) in [5.41, 5.74) is 1.07. The lowest BCUT2D eigenvalue weighted by Crippen LogP contribution is -2.35. The Hall–Kier alpha value is -2.94. The number of amides is 2. The molecule has 9 heteroatoms. The van der Waals surface area contributed by atoms with E-state index in [0.717, 1.165) is 0 Å². The molecule has 2 amide bonds. The topological polar surface area (TPSA) is 104 Å². The molecule has 0 saturated heterocycles. The van der Waals surface area contributed by atoms with Crippen molar-refractivity contribution in [1.82, 2.24) is 10.6 Å². The molecule has 0 saturated carbocycles. The summed E-state index contributed by atoms with van der Waals surface area (Å²) in [4.78, 5) is 24.2. The molecule has 3 N–H and O–H groups in total. The second kappa shape index (κ2) is 9.84. The third-order valence-electron chi connectivity index (χ3n) is 3.83. The molecule has 0 aliphatic rings. The van der Waals surface area contributed by atoms with Crippen LogP contribution >= 0.6 is 0 Å². The van der Waals surface area contributed by atoms with Crippen molar-refractivity contribution in [3.63, 3.8) is 0 Å². The van der Waals surface area contributed by atoms with E-state index in [2.05, 4.69) is 15.4 Å². The molecule has 0 spiro atoms. The van der Waals surface area contributed by atoms with Crippen molar-refractivity contribution in [2.75, 3.05) is 23.6 Å². The van der Waals surface area contributed by atoms with Crippen LogP contribution in [0.4, 0.5) is 10.1 Å². The van der Waals surface area contributed by atoms with Crippen molar-refractivity contribution in [1.29, 1.82) is 0 Å². The van der Waals surface area contributed by atoms with Gasteiger partial charge in [-0.05, 0) is 36.8 Å². The number of benzene rings is 2. The number of nitrogens with one attached hydrogen (secondary N) is 3. The number of rotatable bonds is 9. The highest BCUT2D eigenvalue weighted by Crippen LogP contribution is 2.16. The predicted molar refractivity (Wildman–Crippen MR) is 105 cm³/mol. The summed E-state index contributed by atoms with van der Waals surface area (Å²) in [5.74, 6) is -1.18. The number of carbonyl (C=O) groups is 2. The Morgan fingerprint density at radius 2 is 1.61 bits per heavy atom. The average molecular weight is 407 g/mol. The van der Waals surface area contributed by atoms with Gasteiger partial charge in [0.05, 0.1) is 23.4 Å². The van der Waals surface area contributed by atoms with Crippen LogP contribution in [0.3, 0.4) is 0 Å². The lowest BCUT2D eigenvalue weighted by Gasteiger charge is -2.12. The van der Waals surface area contributed by atoms with Crippen molar-refractivity contribution in [3.8, 4) is 0 Å². The molecule has 0 aromatic heterocycles. The number of anilines is 1. The summed E-state index contributed by atoms with van der Waals surface area (Å²) in [5, 5.41) is 5.29.